The molecular formula is C10H13ClN2. The molecule has 0 aromatic carbocycles. The van der Waals surface area contributed by atoms with Gasteiger partial charge in [0.05, 0.1) is 0 Å². The van der Waals surface area contributed by atoms with Gasteiger partial charge in [-0.05, 0) is 37.1 Å². The second-order valence-corrected chi connectivity index (χ2v) is 3.80. The third kappa shape index (κ3) is 2.20. The zero-order chi connectivity index (χ0) is 9.10. The topological polar surface area (TPSA) is 24.9 Å². The second-order valence-electron chi connectivity index (χ2n) is 3.41. The Morgan fingerprint density at radius 3 is 3.08 bits per heavy atom. The van der Waals surface area contributed by atoms with E-state index in [1.165, 1.54) is 24.8 Å². The van der Waals surface area contributed by atoms with Gasteiger partial charge in [-0.2, -0.15) is 0 Å². The molecule has 1 N–H and O–H groups in total. The van der Waals surface area contributed by atoms with Crippen molar-refractivity contribution in [2.45, 2.75) is 25.3 Å². The molecule has 2 rings (SSSR count). The van der Waals surface area contributed by atoms with Crippen molar-refractivity contribution >= 4 is 11.6 Å². The van der Waals surface area contributed by atoms with Gasteiger partial charge in [-0.1, -0.05) is 18.0 Å². The smallest absolute Gasteiger partial charge is 0.129 e. The fourth-order valence-corrected chi connectivity index (χ4v) is 1.95. The largest absolute Gasteiger partial charge is 0.310 e. The van der Waals surface area contributed by atoms with E-state index in [2.05, 4.69) is 10.3 Å². The highest BCUT2D eigenvalue weighted by molar-refractivity contribution is 6.29. The number of rotatable bonds is 1. The van der Waals surface area contributed by atoms with Crippen molar-refractivity contribution in [2.24, 2.45) is 0 Å². The SMILES string of the molecule is Clc1cc([C@@H]2CCCCN2)ccn1. The maximum absolute atomic E-state index is 5.83. The van der Waals surface area contributed by atoms with Crippen LogP contribution in [0.4, 0.5) is 0 Å². The molecule has 3 heteroatoms. The number of nitrogens with zero attached hydrogens (tertiary/aromatic N) is 1. The third-order valence-corrected chi connectivity index (χ3v) is 2.67. The molecule has 0 aliphatic carbocycles. The predicted molar refractivity (Wildman–Crippen MR) is 53.8 cm³/mol. The van der Waals surface area contributed by atoms with E-state index >= 15 is 0 Å². The number of hydrogen-bond acceptors (Lipinski definition) is 2. The van der Waals surface area contributed by atoms with Crippen LogP contribution in [0.1, 0.15) is 30.9 Å². The Morgan fingerprint density at radius 2 is 2.38 bits per heavy atom. The van der Waals surface area contributed by atoms with Gasteiger partial charge in [0.1, 0.15) is 5.15 Å². The van der Waals surface area contributed by atoms with E-state index in [0.29, 0.717) is 11.2 Å². The molecule has 0 radical (unpaired) electrons. The van der Waals surface area contributed by atoms with Crippen LogP contribution in [-0.4, -0.2) is 11.5 Å². The molecule has 1 aromatic heterocycles. The summed E-state index contributed by atoms with van der Waals surface area (Å²) >= 11 is 5.83. The van der Waals surface area contributed by atoms with Gasteiger partial charge >= 0.3 is 0 Å². The minimum atomic E-state index is 0.481. The van der Waals surface area contributed by atoms with Crippen LogP contribution in [0.2, 0.25) is 5.15 Å². The first-order valence-electron chi connectivity index (χ1n) is 4.71. The van der Waals surface area contributed by atoms with Crippen molar-refractivity contribution in [3.63, 3.8) is 0 Å². The Balaban J connectivity index is 2.14. The van der Waals surface area contributed by atoms with Gasteiger partial charge in [-0.15, -0.1) is 0 Å². The lowest BCUT2D eigenvalue weighted by Gasteiger charge is -2.23. The summed E-state index contributed by atoms with van der Waals surface area (Å²) in [5.74, 6) is 0. The summed E-state index contributed by atoms with van der Waals surface area (Å²) in [5, 5.41) is 4.06. The van der Waals surface area contributed by atoms with E-state index in [1.807, 2.05) is 12.1 Å². The summed E-state index contributed by atoms with van der Waals surface area (Å²) in [6, 6.07) is 4.47. The maximum atomic E-state index is 5.83. The number of pyridine rings is 1. The molecule has 1 aliphatic rings. The molecule has 70 valence electrons. The van der Waals surface area contributed by atoms with Gasteiger partial charge in [0.15, 0.2) is 0 Å². The fourth-order valence-electron chi connectivity index (χ4n) is 1.77. The first-order chi connectivity index (χ1) is 6.36. The van der Waals surface area contributed by atoms with Gasteiger partial charge in [0.2, 0.25) is 0 Å². The van der Waals surface area contributed by atoms with Crippen LogP contribution in [0, 0.1) is 0 Å². The van der Waals surface area contributed by atoms with E-state index in [4.69, 9.17) is 11.6 Å². The van der Waals surface area contributed by atoms with Crippen molar-refractivity contribution in [3.8, 4) is 0 Å². The third-order valence-electron chi connectivity index (χ3n) is 2.46. The second kappa shape index (κ2) is 4.07. The first-order valence-corrected chi connectivity index (χ1v) is 5.09. The van der Waals surface area contributed by atoms with Crippen molar-refractivity contribution in [2.75, 3.05) is 6.54 Å². The fraction of sp³-hybridized carbons (Fsp3) is 0.500. The normalized spacial score (nSPS) is 23.0. The first kappa shape index (κ1) is 8.97. The molecule has 2 nitrogen and oxygen atoms in total. The van der Waals surface area contributed by atoms with Crippen LogP contribution in [0.5, 0.6) is 0 Å². The van der Waals surface area contributed by atoms with E-state index in [-0.39, 0.29) is 0 Å². The Hall–Kier alpha value is -0.600. The molecule has 1 atom stereocenters. The van der Waals surface area contributed by atoms with Crippen LogP contribution in [0.15, 0.2) is 18.3 Å². The number of piperidine rings is 1. The molecular weight excluding hydrogens is 184 g/mol. The minimum Gasteiger partial charge on any atom is -0.310 e. The molecule has 0 unspecified atom stereocenters. The van der Waals surface area contributed by atoms with Crippen LogP contribution >= 0.6 is 11.6 Å². The van der Waals surface area contributed by atoms with Gasteiger partial charge in [0, 0.05) is 12.2 Å². The summed E-state index contributed by atoms with van der Waals surface area (Å²) in [6.07, 6.45) is 5.57. The molecule has 13 heavy (non-hydrogen) atoms. The van der Waals surface area contributed by atoms with Gasteiger partial charge in [0.25, 0.3) is 0 Å². The van der Waals surface area contributed by atoms with Crippen LogP contribution in [0.3, 0.4) is 0 Å². The van der Waals surface area contributed by atoms with E-state index in [1.54, 1.807) is 6.20 Å². The molecule has 0 bridgehead atoms. The Morgan fingerprint density at radius 1 is 1.46 bits per heavy atom. The molecule has 1 aromatic rings. The summed E-state index contributed by atoms with van der Waals surface area (Å²) in [6.45, 7) is 1.12. The predicted octanol–water partition coefficient (Wildman–Crippen LogP) is 2.55. The summed E-state index contributed by atoms with van der Waals surface area (Å²) in [7, 11) is 0. The highest BCUT2D eigenvalue weighted by Gasteiger charge is 2.14. The van der Waals surface area contributed by atoms with Gasteiger partial charge in [-0.3, -0.25) is 0 Å². The Kier molecular flexibility index (Phi) is 2.81. The van der Waals surface area contributed by atoms with Crippen molar-refractivity contribution in [1.82, 2.24) is 10.3 Å². The average molecular weight is 197 g/mol. The van der Waals surface area contributed by atoms with Gasteiger partial charge < -0.3 is 5.32 Å². The number of halogens is 1. The van der Waals surface area contributed by atoms with E-state index < -0.39 is 0 Å². The van der Waals surface area contributed by atoms with E-state index in [0.717, 1.165) is 6.54 Å². The number of hydrogen-bond donors (Lipinski definition) is 1. The molecule has 0 amide bonds. The number of aromatic nitrogens is 1. The molecule has 0 saturated carbocycles. The average Bonchev–Trinajstić information content (AvgIpc) is 2.19. The van der Waals surface area contributed by atoms with E-state index in [9.17, 15) is 0 Å². The maximum Gasteiger partial charge on any atom is 0.129 e. The molecule has 2 heterocycles. The molecule has 1 fully saturated rings. The monoisotopic (exact) mass is 196 g/mol. The van der Waals surface area contributed by atoms with Gasteiger partial charge in [-0.25, -0.2) is 4.98 Å². The van der Waals surface area contributed by atoms with Crippen molar-refractivity contribution < 1.29 is 0 Å². The molecule has 1 aliphatic heterocycles. The summed E-state index contributed by atoms with van der Waals surface area (Å²) in [4.78, 5) is 3.97. The zero-order valence-electron chi connectivity index (χ0n) is 7.46. The summed E-state index contributed by atoms with van der Waals surface area (Å²) in [5.41, 5.74) is 1.26. The minimum absolute atomic E-state index is 0.481. The molecule has 0 spiro atoms. The quantitative estimate of drug-likeness (QED) is 0.699. The lowest BCUT2D eigenvalue weighted by Crippen LogP contribution is -2.26. The van der Waals surface area contributed by atoms with Crippen molar-refractivity contribution in [1.29, 1.82) is 0 Å². The molecule has 1 saturated heterocycles. The van der Waals surface area contributed by atoms with Crippen LogP contribution < -0.4 is 5.32 Å². The highest BCUT2D eigenvalue weighted by Crippen LogP contribution is 2.23. The zero-order valence-corrected chi connectivity index (χ0v) is 8.22. The van der Waals surface area contributed by atoms with Crippen LogP contribution in [-0.2, 0) is 0 Å². The van der Waals surface area contributed by atoms with Crippen LogP contribution in [0.25, 0.3) is 0 Å². The Bertz CT molecular complexity index is 282. The lowest BCUT2D eigenvalue weighted by atomic mass is 9.99. The standard InChI is InChI=1S/C10H13ClN2/c11-10-7-8(4-6-13-10)9-3-1-2-5-12-9/h4,6-7,9,12H,1-3,5H2/t9-/m0/s1. The lowest BCUT2D eigenvalue weighted by molar-refractivity contribution is 0.412. The Labute approximate surface area is 83.3 Å². The van der Waals surface area contributed by atoms with Crippen molar-refractivity contribution in [3.05, 3.63) is 29.0 Å². The summed E-state index contributed by atoms with van der Waals surface area (Å²) < 4.78 is 0. The highest BCUT2D eigenvalue weighted by atomic mass is 35.5. The number of nitrogens with one attached hydrogen (secondary N) is 1.